The van der Waals surface area contributed by atoms with Crippen LogP contribution in [0.2, 0.25) is 5.15 Å². The molecule has 0 saturated heterocycles. The lowest BCUT2D eigenvalue weighted by molar-refractivity contribution is 0.0602. The number of nitrogens with zero attached hydrogens (tertiary/aromatic N) is 2. The first-order valence-electron chi connectivity index (χ1n) is 6.76. The van der Waals surface area contributed by atoms with E-state index >= 15 is 0 Å². The summed E-state index contributed by atoms with van der Waals surface area (Å²) >= 11 is 6.64. The van der Waals surface area contributed by atoms with Gasteiger partial charge in [0.25, 0.3) is 10.0 Å². The average Bonchev–Trinajstić information content (AvgIpc) is 2.95. The minimum absolute atomic E-state index is 0.0170. The van der Waals surface area contributed by atoms with E-state index in [1.165, 1.54) is 25.5 Å². The van der Waals surface area contributed by atoms with Crippen molar-refractivity contribution in [2.24, 2.45) is 0 Å². The lowest BCUT2D eigenvalue weighted by Crippen LogP contribution is -2.35. The van der Waals surface area contributed by atoms with Gasteiger partial charge in [0.15, 0.2) is 0 Å². The first kappa shape index (κ1) is 19.9. The van der Waals surface area contributed by atoms with E-state index in [2.05, 4.69) is 20.0 Å². The SMILES string of the molecule is COC(=O)c1scc(C)c1S(=O)(=O)NC(=O)Nc1nc(Cl)cc(OC)n1. The molecule has 10 nitrogen and oxygen atoms in total. The van der Waals surface area contributed by atoms with E-state index in [0.717, 1.165) is 18.4 Å². The van der Waals surface area contributed by atoms with Gasteiger partial charge in [-0.25, -0.2) is 27.7 Å². The minimum atomic E-state index is -4.35. The number of aryl methyl sites for hydroxylation is 1. The maximum atomic E-state index is 12.5. The molecular formula is C13H13ClN4O6S2. The zero-order valence-electron chi connectivity index (χ0n) is 13.7. The Morgan fingerprint density at radius 1 is 1.27 bits per heavy atom. The predicted molar refractivity (Wildman–Crippen MR) is 93.3 cm³/mol. The molecule has 0 aliphatic heterocycles. The number of amides is 2. The van der Waals surface area contributed by atoms with Crippen molar-refractivity contribution >= 4 is 50.9 Å². The number of rotatable bonds is 5. The van der Waals surface area contributed by atoms with Gasteiger partial charge in [-0.1, -0.05) is 11.6 Å². The second-order valence-corrected chi connectivity index (χ2v) is 7.57. The van der Waals surface area contributed by atoms with Crippen LogP contribution in [0.15, 0.2) is 16.3 Å². The van der Waals surface area contributed by atoms with Crippen LogP contribution in [0.25, 0.3) is 0 Å². The fraction of sp³-hybridized carbons (Fsp3) is 0.231. The zero-order valence-corrected chi connectivity index (χ0v) is 16.1. The molecule has 0 spiro atoms. The number of nitrogens with one attached hydrogen (secondary N) is 2. The Morgan fingerprint density at radius 3 is 2.58 bits per heavy atom. The van der Waals surface area contributed by atoms with Crippen LogP contribution in [0.4, 0.5) is 10.7 Å². The van der Waals surface area contributed by atoms with Crippen LogP contribution < -0.4 is 14.8 Å². The maximum absolute atomic E-state index is 12.5. The molecule has 0 atom stereocenters. The number of methoxy groups -OCH3 is 2. The van der Waals surface area contributed by atoms with Gasteiger partial charge in [-0.2, -0.15) is 4.98 Å². The second kappa shape index (κ2) is 7.85. The summed E-state index contributed by atoms with van der Waals surface area (Å²) in [6.45, 7) is 1.49. The van der Waals surface area contributed by atoms with Crippen molar-refractivity contribution in [1.29, 1.82) is 0 Å². The topological polar surface area (TPSA) is 137 Å². The van der Waals surface area contributed by atoms with Gasteiger partial charge in [-0.3, -0.25) is 5.32 Å². The van der Waals surface area contributed by atoms with E-state index < -0.39 is 22.0 Å². The van der Waals surface area contributed by atoms with Gasteiger partial charge in [0.05, 0.1) is 14.2 Å². The Bertz CT molecular complexity index is 960. The van der Waals surface area contributed by atoms with E-state index in [9.17, 15) is 18.0 Å². The average molecular weight is 421 g/mol. The lowest BCUT2D eigenvalue weighted by atomic mass is 10.3. The normalized spacial score (nSPS) is 10.9. The Kier molecular flexibility index (Phi) is 6.00. The van der Waals surface area contributed by atoms with Gasteiger partial charge in [0.1, 0.15) is 14.9 Å². The molecular weight excluding hydrogens is 408 g/mol. The summed E-state index contributed by atoms with van der Waals surface area (Å²) < 4.78 is 36.2. The third kappa shape index (κ3) is 4.39. The summed E-state index contributed by atoms with van der Waals surface area (Å²) in [7, 11) is -1.89. The number of hydrogen-bond donors (Lipinski definition) is 2. The van der Waals surface area contributed by atoms with Gasteiger partial charge in [-0.15, -0.1) is 11.3 Å². The van der Waals surface area contributed by atoms with E-state index in [1.807, 2.05) is 0 Å². The molecule has 2 aromatic heterocycles. The number of esters is 1. The molecule has 2 rings (SSSR count). The first-order chi connectivity index (χ1) is 12.2. The highest BCUT2D eigenvalue weighted by Gasteiger charge is 2.29. The highest BCUT2D eigenvalue weighted by molar-refractivity contribution is 7.90. The molecule has 0 aliphatic rings. The van der Waals surface area contributed by atoms with Gasteiger partial charge < -0.3 is 9.47 Å². The quantitative estimate of drug-likeness (QED) is 0.551. The van der Waals surface area contributed by atoms with Crippen LogP contribution in [-0.4, -0.2) is 44.6 Å². The van der Waals surface area contributed by atoms with E-state index in [-0.39, 0.29) is 32.3 Å². The number of urea groups is 1. The molecule has 0 aliphatic carbocycles. The van der Waals surface area contributed by atoms with Crippen LogP contribution in [0.5, 0.6) is 5.88 Å². The summed E-state index contributed by atoms with van der Waals surface area (Å²) in [5, 5.41) is 3.57. The summed E-state index contributed by atoms with van der Waals surface area (Å²) in [4.78, 5) is 30.8. The molecule has 26 heavy (non-hydrogen) atoms. The van der Waals surface area contributed by atoms with Crippen LogP contribution in [0.3, 0.4) is 0 Å². The van der Waals surface area contributed by atoms with E-state index in [4.69, 9.17) is 16.3 Å². The second-order valence-electron chi connectivity index (χ2n) is 4.68. The molecule has 13 heteroatoms. The van der Waals surface area contributed by atoms with Gasteiger partial charge in [0.2, 0.25) is 11.8 Å². The van der Waals surface area contributed by atoms with Crippen molar-refractivity contribution in [1.82, 2.24) is 14.7 Å². The molecule has 0 unspecified atom stereocenters. The largest absolute Gasteiger partial charge is 0.481 e. The Balaban J connectivity index is 2.25. The molecule has 2 heterocycles. The summed E-state index contributed by atoms with van der Waals surface area (Å²) in [5.74, 6) is -1.02. The highest BCUT2D eigenvalue weighted by atomic mass is 35.5. The summed E-state index contributed by atoms with van der Waals surface area (Å²) in [6.07, 6.45) is 0. The van der Waals surface area contributed by atoms with Crippen molar-refractivity contribution in [2.75, 3.05) is 19.5 Å². The number of carbonyl (C=O) groups excluding carboxylic acids is 2. The highest BCUT2D eigenvalue weighted by Crippen LogP contribution is 2.27. The van der Waals surface area contributed by atoms with Crippen LogP contribution >= 0.6 is 22.9 Å². The number of ether oxygens (including phenoxy) is 2. The van der Waals surface area contributed by atoms with Crippen LogP contribution in [-0.2, 0) is 14.8 Å². The minimum Gasteiger partial charge on any atom is -0.481 e. The number of anilines is 1. The third-order valence-corrected chi connectivity index (χ3v) is 5.81. The van der Waals surface area contributed by atoms with Crippen molar-refractivity contribution in [3.05, 3.63) is 27.0 Å². The van der Waals surface area contributed by atoms with Gasteiger partial charge in [0, 0.05) is 6.07 Å². The van der Waals surface area contributed by atoms with Crippen molar-refractivity contribution in [3.63, 3.8) is 0 Å². The van der Waals surface area contributed by atoms with E-state index in [1.54, 1.807) is 4.72 Å². The van der Waals surface area contributed by atoms with Gasteiger partial charge in [-0.05, 0) is 17.9 Å². The predicted octanol–water partition coefficient (Wildman–Crippen LogP) is 1.81. The Hall–Kier alpha value is -2.44. The van der Waals surface area contributed by atoms with Crippen LogP contribution in [0.1, 0.15) is 15.2 Å². The van der Waals surface area contributed by atoms with Crippen LogP contribution in [0, 0.1) is 6.92 Å². The lowest BCUT2D eigenvalue weighted by Gasteiger charge is -2.09. The number of aromatic nitrogens is 2. The number of hydrogen-bond acceptors (Lipinski definition) is 9. The van der Waals surface area contributed by atoms with Gasteiger partial charge >= 0.3 is 12.0 Å². The van der Waals surface area contributed by atoms with Crippen molar-refractivity contribution in [2.45, 2.75) is 11.8 Å². The number of sulfonamides is 1. The molecule has 0 fully saturated rings. The first-order valence-corrected chi connectivity index (χ1v) is 9.50. The molecule has 0 bridgehead atoms. The molecule has 2 aromatic rings. The molecule has 2 amide bonds. The number of thiophene rings is 1. The summed E-state index contributed by atoms with van der Waals surface area (Å²) in [5.41, 5.74) is 0.288. The fourth-order valence-corrected chi connectivity index (χ4v) is 4.65. The van der Waals surface area contributed by atoms with Crippen molar-refractivity contribution in [3.8, 4) is 5.88 Å². The number of carbonyl (C=O) groups is 2. The van der Waals surface area contributed by atoms with Crippen molar-refractivity contribution < 1.29 is 27.5 Å². The Morgan fingerprint density at radius 2 is 1.96 bits per heavy atom. The fourth-order valence-electron chi connectivity index (χ4n) is 1.86. The zero-order chi connectivity index (χ0) is 19.5. The summed E-state index contributed by atoms with van der Waals surface area (Å²) in [6, 6.07) is 0.161. The molecule has 0 aromatic carbocycles. The third-order valence-electron chi connectivity index (χ3n) is 2.89. The standard InChI is InChI=1S/C13H13ClN4O6S2/c1-6-5-25-9(11(19)24-3)10(6)26(21,22)18-13(20)17-12-15-7(14)4-8(16-12)23-2/h4-5H,1-3H3,(H2,15,16,17,18,20). The molecule has 0 radical (unpaired) electrons. The van der Waals surface area contributed by atoms with E-state index in [0.29, 0.717) is 0 Å². The number of halogens is 1. The molecule has 140 valence electrons. The Labute approximate surface area is 157 Å². The maximum Gasteiger partial charge on any atom is 0.349 e. The smallest absolute Gasteiger partial charge is 0.349 e. The molecule has 2 N–H and O–H groups in total. The monoisotopic (exact) mass is 420 g/mol. The molecule has 0 saturated carbocycles.